The van der Waals surface area contributed by atoms with E-state index in [0.717, 1.165) is 0 Å². The second kappa shape index (κ2) is 8.87. The van der Waals surface area contributed by atoms with Gasteiger partial charge < -0.3 is 14.8 Å². The maximum absolute atomic E-state index is 12.2. The molecule has 0 saturated carbocycles. The van der Waals surface area contributed by atoms with E-state index in [1.807, 2.05) is 0 Å². The molecule has 0 unspecified atom stereocenters. The van der Waals surface area contributed by atoms with Gasteiger partial charge in [0.15, 0.2) is 0 Å². The lowest BCUT2D eigenvalue weighted by atomic mass is 10.1. The average molecular weight is 385 g/mol. The molecule has 2 rings (SSSR count). The topological polar surface area (TPSA) is 77.5 Å². The first-order valence-corrected chi connectivity index (χ1v) is 8.58. The number of hydrogen-bond acceptors (Lipinski definition) is 6. The van der Waals surface area contributed by atoms with Gasteiger partial charge in [-0.15, -0.1) is 0 Å². The minimum Gasteiger partial charge on any atom is -0.464 e. The maximum atomic E-state index is 12.2. The lowest BCUT2D eigenvalue weighted by molar-refractivity contribution is -0.142. The van der Waals surface area contributed by atoms with E-state index in [4.69, 9.17) is 32.7 Å². The molecule has 1 aromatic carbocycles. The molecule has 0 spiro atoms. The Morgan fingerprint density at radius 1 is 1.20 bits per heavy atom. The van der Waals surface area contributed by atoms with Gasteiger partial charge >= 0.3 is 11.9 Å². The minimum absolute atomic E-state index is 0.167. The van der Waals surface area contributed by atoms with Crippen molar-refractivity contribution in [3.8, 4) is 0 Å². The first-order chi connectivity index (χ1) is 12.0. The van der Waals surface area contributed by atoms with Crippen LogP contribution in [-0.4, -0.2) is 36.7 Å². The third-order valence-electron chi connectivity index (χ3n) is 3.38. The van der Waals surface area contributed by atoms with E-state index < -0.39 is 5.97 Å². The third-order valence-corrected chi connectivity index (χ3v) is 4.18. The van der Waals surface area contributed by atoms with Crippen LogP contribution in [-0.2, 0) is 14.3 Å². The Bertz CT molecular complexity index is 796. The number of carbonyl (C=O) groups is 2. The number of benzene rings is 1. The van der Waals surface area contributed by atoms with Gasteiger partial charge in [-0.1, -0.05) is 30.1 Å². The molecule has 134 valence electrons. The van der Waals surface area contributed by atoms with Crippen LogP contribution >= 0.6 is 23.2 Å². The number of nitrogens with zero attached hydrogens (tertiary/aromatic N) is 1. The van der Waals surface area contributed by atoms with Crippen molar-refractivity contribution in [1.82, 2.24) is 4.98 Å². The standard InChI is InChI=1S/C17H18Cl2N2O4/c1-3-13(22)25-8-7-20-15-10-5-6-12(18)14(19)16(10)21-9-11(15)17(23)24-4-2/h5-6,9H,3-4,7-8H2,1-2H3,(H,20,21). The zero-order valence-corrected chi connectivity index (χ0v) is 15.4. The molecule has 0 aliphatic rings. The highest BCUT2D eigenvalue weighted by molar-refractivity contribution is 6.45. The number of carbonyl (C=O) groups excluding carboxylic acids is 2. The summed E-state index contributed by atoms with van der Waals surface area (Å²) in [6.07, 6.45) is 1.70. The summed E-state index contributed by atoms with van der Waals surface area (Å²) >= 11 is 12.2. The van der Waals surface area contributed by atoms with E-state index in [0.29, 0.717) is 39.6 Å². The fourth-order valence-electron chi connectivity index (χ4n) is 2.20. The normalized spacial score (nSPS) is 10.6. The predicted molar refractivity (Wildman–Crippen MR) is 97.5 cm³/mol. The van der Waals surface area contributed by atoms with Crippen molar-refractivity contribution in [2.24, 2.45) is 0 Å². The number of anilines is 1. The molecule has 0 bridgehead atoms. The Kier molecular flexibility index (Phi) is 6.84. The molecule has 2 aromatic rings. The van der Waals surface area contributed by atoms with E-state index in [2.05, 4.69) is 10.3 Å². The molecule has 0 amide bonds. The lowest BCUT2D eigenvalue weighted by Crippen LogP contribution is -2.16. The summed E-state index contributed by atoms with van der Waals surface area (Å²) in [7, 11) is 0. The summed E-state index contributed by atoms with van der Waals surface area (Å²) in [5.41, 5.74) is 1.25. The highest BCUT2D eigenvalue weighted by Gasteiger charge is 2.18. The highest BCUT2D eigenvalue weighted by atomic mass is 35.5. The van der Waals surface area contributed by atoms with Crippen LogP contribution in [0.25, 0.3) is 10.9 Å². The number of esters is 2. The largest absolute Gasteiger partial charge is 0.464 e. The molecule has 0 atom stereocenters. The van der Waals surface area contributed by atoms with Crippen molar-refractivity contribution >= 4 is 51.7 Å². The Hall–Kier alpha value is -2.05. The SMILES string of the molecule is CCOC(=O)c1cnc2c(Cl)c(Cl)ccc2c1NCCOC(=O)CC. The molecule has 8 heteroatoms. The zero-order chi connectivity index (χ0) is 18.4. The molecule has 0 radical (unpaired) electrons. The first-order valence-electron chi connectivity index (χ1n) is 7.82. The summed E-state index contributed by atoms with van der Waals surface area (Å²) in [4.78, 5) is 27.6. The van der Waals surface area contributed by atoms with Gasteiger partial charge in [0, 0.05) is 24.5 Å². The molecule has 0 fully saturated rings. The molecule has 0 aliphatic carbocycles. The van der Waals surface area contributed by atoms with Crippen molar-refractivity contribution in [2.75, 3.05) is 25.1 Å². The van der Waals surface area contributed by atoms with E-state index >= 15 is 0 Å². The van der Waals surface area contributed by atoms with Crippen LogP contribution < -0.4 is 5.32 Å². The monoisotopic (exact) mass is 384 g/mol. The van der Waals surface area contributed by atoms with Crippen molar-refractivity contribution in [2.45, 2.75) is 20.3 Å². The molecule has 0 saturated heterocycles. The highest BCUT2D eigenvalue weighted by Crippen LogP contribution is 2.34. The molecule has 6 nitrogen and oxygen atoms in total. The summed E-state index contributed by atoms with van der Waals surface area (Å²) in [6, 6.07) is 3.35. The molecule has 1 heterocycles. The van der Waals surface area contributed by atoms with Crippen LogP contribution in [0, 0.1) is 0 Å². The summed E-state index contributed by atoms with van der Waals surface area (Å²) in [5.74, 6) is -0.794. The quantitative estimate of drug-likeness (QED) is 0.572. The molecule has 1 aromatic heterocycles. The molecular formula is C17H18Cl2N2O4. The van der Waals surface area contributed by atoms with Crippen LogP contribution in [0.3, 0.4) is 0 Å². The first kappa shape index (κ1) is 19.3. The van der Waals surface area contributed by atoms with Gasteiger partial charge in [0.25, 0.3) is 0 Å². The van der Waals surface area contributed by atoms with Gasteiger partial charge in [0.1, 0.15) is 12.2 Å². The number of rotatable bonds is 7. The van der Waals surface area contributed by atoms with Gasteiger partial charge in [0.2, 0.25) is 0 Å². The van der Waals surface area contributed by atoms with Gasteiger partial charge in [-0.2, -0.15) is 0 Å². The van der Waals surface area contributed by atoms with E-state index in [9.17, 15) is 9.59 Å². The van der Waals surface area contributed by atoms with Crippen molar-refractivity contribution < 1.29 is 19.1 Å². The van der Waals surface area contributed by atoms with Crippen LogP contribution in [0.4, 0.5) is 5.69 Å². The van der Waals surface area contributed by atoms with Crippen molar-refractivity contribution in [1.29, 1.82) is 0 Å². The van der Waals surface area contributed by atoms with Crippen LogP contribution in [0.2, 0.25) is 10.0 Å². The number of aromatic nitrogens is 1. The maximum Gasteiger partial charge on any atom is 0.341 e. The number of nitrogens with one attached hydrogen (secondary N) is 1. The Balaban J connectivity index is 2.37. The van der Waals surface area contributed by atoms with Crippen molar-refractivity contribution in [3.63, 3.8) is 0 Å². The summed E-state index contributed by atoms with van der Waals surface area (Å²) in [6.45, 7) is 4.17. The number of halogens is 2. The van der Waals surface area contributed by atoms with Gasteiger partial charge in [-0.05, 0) is 19.1 Å². The Morgan fingerprint density at radius 2 is 1.96 bits per heavy atom. The Labute approximate surface area is 155 Å². The second-order valence-electron chi connectivity index (χ2n) is 5.03. The molecule has 25 heavy (non-hydrogen) atoms. The fraction of sp³-hybridized carbons (Fsp3) is 0.353. The van der Waals surface area contributed by atoms with Gasteiger partial charge in [0.05, 0.1) is 27.9 Å². The van der Waals surface area contributed by atoms with Gasteiger partial charge in [-0.3, -0.25) is 9.78 Å². The van der Waals surface area contributed by atoms with Gasteiger partial charge in [-0.25, -0.2) is 4.79 Å². The number of pyridine rings is 1. The number of fused-ring (bicyclic) bond motifs is 1. The molecular weight excluding hydrogens is 367 g/mol. The third kappa shape index (κ3) is 4.52. The van der Waals surface area contributed by atoms with Crippen LogP contribution in [0.1, 0.15) is 30.6 Å². The summed E-state index contributed by atoms with van der Waals surface area (Å²) < 4.78 is 10.1. The molecule has 0 aliphatic heterocycles. The van der Waals surface area contributed by atoms with E-state index in [-0.39, 0.29) is 24.7 Å². The Morgan fingerprint density at radius 3 is 2.64 bits per heavy atom. The zero-order valence-electron chi connectivity index (χ0n) is 13.9. The average Bonchev–Trinajstić information content (AvgIpc) is 2.61. The van der Waals surface area contributed by atoms with Crippen molar-refractivity contribution in [3.05, 3.63) is 33.9 Å². The van der Waals surface area contributed by atoms with Crippen LogP contribution in [0.15, 0.2) is 18.3 Å². The molecule has 1 N–H and O–H groups in total. The second-order valence-corrected chi connectivity index (χ2v) is 5.81. The lowest BCUT2D eigenvalue weighted by Gasteiger charge is -2.15. The van der Waals surface area contributed by atoms with Crippen LogP contribution in [0.5, 0.6) is 0 Å². The van der Waals surface area contributed by atoms with E-state index in [1.165, 1.54) is 6.20 Å². The fourth-order valence-corrected chi connectivity index (χ4v) is 2.57. The minimum atomic E-state index is -0.504. The number of ether oxygens (including phenoxy) is 2. The number of hydrogen-bond donors (Lipinski definition) is 1. The smallest absolute Gasteiger partial charge is 0.341 e. The van der Waals surface area contributed by atoms with E-state index in [1.54, 1.807) is 26.0 Å². The predicted octanol–water partition coefficient (Wildman–Crippen LogP) is 4.08. The summed E-state index contributed by atoms with van der Waals surface area (Å²) in [5, 5.41) is 4.40.